The van der Waals surface area contributed by atoms with Gasteiger partial charge in [0.15, 0.2) is 0 Å². The first-order valence-corrected chi connectivity index (χ1v) is 4.60. The van der Waals surface area contributed by atoms with E-state index >= 15 is 0 Å². The van der Waals surface area contributed by atoms with Gasteiger partial charge in [-0.25, -0.2) is 0 Å². The molecule has 15 heavy (non-hydrogen) atoms. The van der Waals surface area contributed by atoms with E-state index < -0.39 is 5.91 Å². The van der Waals surface area contributed by atoms with Crippen LogP contribution in [0.4, 0.5) is 0 Å². The lowest BCUT2D eigenvalue weighted by Gasteiger charge is -1.91. The molecule has 0 aliphatic carbocycles. The third-order valence-electron chi connectivity index (χ3n) is 2.05. The molecule has 3 heteroatoms. The highest BCUT2D eigenvalue weighted by atomic mass is 16.1. The summed E-state index contributed by atoms with van der Waals surface area (Å²) in [5.74, 6) is 5.22. The van der Waals surface area contributed by atoms with E-state index in [9.17, 15) is 4.79 Å². The quantitative estimate of drug-likeness (QED) is 0.668. The normalized spacial score (nSPS) is 9.60. The van der Waals surface area contributed by atoms with Crippen molar-refractivity contribution in [2.24, 2.45) is 5.73 Å². The van der Waals surface area contributed by atoms with Gasteiger partial charge in [-0.1, -0.05) is 11.8 Å². The van der Waals surface area contributed by atoms with Crippen LogP contribution in [0.1, 0.15) is 12.0 Å². The molecule has 1 heterocycles. The lowest BCUT2D eigenvalue weighted by atomic mass is 10.1. The number of hydrogen-bond donors (Lipinski definition) is 2. The minimum absolute atomic E-state index is 0.102. The molecular formula is C12H10N2O. The molecule has 1 aromatic carbocycles. The number of carbonyl (C=O) groups is 1. The highest BCUT2D eigenvalue weighted by Gasteiger charge is 1.94. The van der Waals surface area contributed by atoms with Crippen molar-refractivity contribution >= 4 is 16.8 Å². The van der Waals surface area contributed by atoms with Gasteiger partial charge in [-0.15, -0.1) is 0 Å². The Morgan fingerprint density at radius 1 is 1.40 bits per heavy atom. The molecule has 0 radical (unpaired) electrons. The number of amides is 1. The number of primary amides is 1. The maximum Gasteiger partial charge on any atom is 0.229 e. The predicted molar refractivity (Wildman–Crippen MR) is 59.0 cm³/mol. The molecular weight excluding hydrogens is 188 g/mol. The van der Waals surface area contributed by atoms with Crippen molar-refractivity contribution in [3.05, 3.63) is 36.0 Å². The van der Waals surface area contributed by atoms with E-state index in [2.05, 4.69) is 16.8 Å². The molecule has 74 valence electrons. The van der Waals surface area contributed by atoms with Gasteiger partial charge in [0.2, 0.25) is 5.91 Å². The number of fused-ring (bicyclic) bond motifs is 1. The van der Waals surface area contributed by atoms with E-state index in [-0.39, 0.29) is 6.42 Å². The van der Waals surface area contributed by atoms with Crippen LogP contribution in [0.5, 0.6) is 0 Å². The summed E-state index contributed by atoms with van der Waals surface area (Å²) in [5, 5.41) is 1.11. The van der Waals surface area contributed by atoms with Gasteiger partial charge in [0.1, 0.15) is 0 Å². The van der Waals surface area contributed by atoms with Crippen molar-refractivity contribution in [2.45, 2.75) is 6.42 Å². The van der Waals surface area contributed by atoms with Gasteiger partial charge < -0.3 is 10.7 Å². The molecule has 2 aromatic rings. The highest BCUT2D eigenvalue weighted by molar-refractivity contribution is 5.81. The van der Waals surface area contributed by atoms with Gasteiger partial charge >= 0.3 is 0 Å². The number of nitrogens with two attached hydrogens (primary N) is 1. The zero-order valence-electron chi connectivity index (χ0n) is 8.08. The van der Waals surface area contributed by atoms with Crippen molar-refractivity contribution < 1.29 is 4.79 Å². The van der Waals surface area contributed by atoms with E-state index in [0.717, 1.165) is 16.5 Å². The Hall–Kier alpha value is -2.21. The fourth-order valence-electron chi connectivity index (χ4n) is 1.36. The summed E-state index contributed by atoms with van der Waals surface area (Å²) in [6.45, 7) is 0. The summed E-state index contributed by atoms with van der Waals surface area (Å²) >= 11 is 0. The number of aromatic amines is 1. The molecule has 0 atom stereocenters. The third-order valence-corrected chi connectivity index (χ3v) is 2.05. The average Bonchev–Trinajstić information content (AvgIpc) is 2.64. The smallest absolute Gasteiger partial charge is 0.229 e. The van der Waals surface area contributed by atoms with Crippen LogP contribution >= 0.6 is 0 Å². The average molecular weight is 198 g/mol. The van der Waals surface area contributed by atoms with Crippen molar-refractivity contribution in [1.82, 2.24) is 4.98 Å². The molecule has 0 aliphatic rings. The minimum atomic E-state index is -0.398. The van der Waals surface area contributed by atoms with Gasteiger partial charge in [-0.05, 0) is 24.3 Å². The first-order valence-electron chi connectivity index (χ1n) is 4.60. The van der Waals surface area contributed by atoms with Crippen molar-refractivity contribution in [2.75, 3.05) is 0 Å². The fraction of sp³-hybridized carbons (Fsp3) is 0.0833. The Balaban J connectivity index is 2.27. The number of carbonyl (C=O) groups excluding carboxylic acids is 1. The van der Waals surface area contributed by atoms with Crippen LogP contribution in [-0.2, 0) is 4.79 Å². The highest BCUT2D eigenvalue weighted by Crippen LogP contribution is 2.13. The van der Waals surface area contributed by atoms with Gasteiger partial charge in [0, 0.05) is 22.7 Å². The lowest BCUT2D eigenvalue weighted by molar-refractivity contribution is -0.117. The number of H-pyrrole nitrogens is 1. The monoisotopic (exact) mass is 198 g/mol. The Bertz CT molecular complexity index is 557. The largest absolute Gasteiger partial charge is 0.369 e. The SMILES string of the molecule is NC(=O)CC#Cc1ccc2[nH]ccc2c1. The molecule has 0 fully saturated rings. The number of benzene rings is 1. The third kappa shape index (κ3) is 2.18. The standard InChI is InChI=1S/C12H10N2O/c13-12(15)3-1-2-9-4-5-11-10(8-9)6-7-14-11/h4-8,14H,3H2,(H2,13,15). The van der Waals surface area contributed by atoms with Crippen molar-refractivity contribution in [1.29, 1.82) is 0 Å². The Morgan fingerprint density at radius 2 is 2.27 bits per heavy atom. The van der Waals surface area contributed by atoms with E-state index in [1.807, 2.05) is 30.5 Å². The molecule has 3 N–H and O–H groups in total. The molecule has 0 saturated carbocycles. The van der Waals surface area contributed by atoms with Gasteiger partial charge in [-0.2, -0.15) is 0 Å². The summed E-state index contributed by atoms with van der Waals surface area (Å²) in [6.07, 6.45) is 1.98. The molecule has 0 bridgehead atoms. The summed E-state index contributed by atoms with van der Waals surface area (Å²) in [4.78, 5) is 13.6. The predicted octanol–water partition coefficient (Wildman–Crippen LogP) is 1.39. The summed E-state index contributed by atoms with van der Waals surface area (Å²) in [5.41, 5.74) is 6.96. The van der Waals surface area contributed by atoms with Gasteiger partial charge in [0.25, 0.3) is 0 Å². The van der Waals surface area contributed by atoms with E-state index in [1.165, 1.54) is 0 Å². The maximum atomic E-state index is 10.5. The van der Waals surface area contributed by atoms with Gasteiger partial charge in [0.05, 0.1) is 6.42 Å². The molecule has 0 unspecified atom stereocenters. The van der Waals surface area contributed by atoms with Crippen LogP contribution in [0.3, 0.4) is 0 Å². The molecule has 0 spiro atoms. The molecule has 2 rings (SSSR count). The summed E-state index contributed by atoms with van der Waals surface area (Å²) in [6, 6.07) is 7.82. The Kier molecular flexibility index (Phi) is 2.42. The molecule has 0 aliphatic heterocycles. The first-order chi connectivity index (χ1) is 7.25. The van der Waals surface area contributed by atoms with Crippen LogP contribution in [-0.4, -0.2) is 10.9 Å². The fourth-order valence-corrected chi connectivity index (χ4v) is 1.36. The van der Waals surface area contributed by atoms with Crippen molar-refractivity contribution in [3.63, 3.8) is 0 Å². The topological polar surface area (TPSA) is 58.9 Å². The number of rotatable bonds is 1. The molecule has 0 saturated heterocycles. The Labute approximate surface area is 87.3 Å². The van der Waals surface area contributed by atoms with E-state index in [0.29, 0.717) is 0 Å². The summed E-state index contributed by atoms with van der Waals surface area (Å²) < 4.78 is 0. The van der Waals surface area contributed by atoms with E-state index in [4.69, 9.17) is 5.73 Å². The maximum absolute atomic E-state index is 10.5. The number of aromatic nitrogens is 1. The first kappa shape index (κ1) is 9.35. The van der Waals surface area contributed by atoms with Crippen LogP contribution < -0.4 is 5.73 Å². The van der Waals surface area contributed by atoms with Crippen LogP contribution in [0, 0.1) is 11.8 Å². The zero-order chi connectivity index (χ0) is 10.7. The van der Waals surface area contributed by atoms with Crippen molar-refractivity contribution in [3.8, 4) is 11.8 Å². The Morgan fingerprint density at radius 3 is 3.07 bits per heavy atom. The molecule has 1 aromatic heterocycles. The van der Waals surface area contributed by atoms with Crippen LogP contribution in [0.25, 0.3) is 10.9 Å². The van der Waals surface area contributed by atoms with Crippen LogP contribution in [0.2, 0.25) is 0 Å². The second kappa shape index (κ2) is 3.89. The second-order valence-electron chi connectivity index (χ2n) is 3.22. The second-order valence-corrected chi connectivity index (χ2v) is 3.22. The molecule has 1 amide bonds. The molecule has 3 nitrogen and oxygen atoms in total. The van der Waals surface area contributed by atoms with Crippen LogP contribution in [0.15, 0.2) is 30.5 Å². The van der Waals surface area contributed by atoms with Gasteiger partial charge in [-0.3, -0.25) is 4.79 Å². The lowest BCUT2D eigenvalue weighted by Crippen LogP contribution is -2.08. The van der Waals surface area contributed by atoms with E-state index in [1.54, 1.807) is 0 Å². The summed E-state index contributed by atoms with van der Waals surface area (Å²) in [7, 11) is 0. The number of hydrogen-bond acceptors (Lipinski definition) is 1. The number of nitrogens with one attached hydrogen (secondary N) is 1. The minimum Gasteiger partial charge on any atom is -0.369 e. The zero-order valence-corrected chi connectivity index (χ0v) is 8.08.